The summed E-state index contributed by atoms with van der Waals surface area (Å²) in [5, 5.41) is 2.82. The second-order valence-electron chi connectivity index (χ2n) is 6.10. The van der Waals surface area contributed by atoms with Crippen molar-refractivity contribution in [3.63, 3.8) is 0 Å². The Hall–Kier alpha value is -1.37. The minimum absolute atomic E-state index is 0.510. The van der Waals surface area contributed by atoms with Gasteiger partial charge in [0.1, 0.15) is 0 Å². The van der Waals surface area contributed by atoms with Gasteiger partial charge in [-0.1, -0.05) is 13.8 Å². The monoisotopic (exact) mass is 255 g/mol. The zero-order valence-corrected chi connectivity index (χ0v) is 13.5. The first kappa shape index (κ1) is 14.0. The smallest absolute Gasteiger partial charge is 0.0457 e. The zero-order chi connectivity index (χ0) is 14.5. The molecule has 0 aliphatic heterocycles. The van der Waals surface area contributed by atoms with E-state index in [0.717, 1.165) is 0 Å². The summed E-state index contributed by atoms with van der Waals surface area (Å²) < 4.78 is 0. The highest BCUT2D eigenvalue weighted by molar-refractivity contribution is 5.95. The quantitative estimate of drug-likeness (QED) is 0.681. The van der Waals surface area contributed by atoms with E-state index in [-0.39, 0.29) is 0 Å². The molecule has 2 rings (SSSR count). The van der Waals surface area contributed by atoms with Crippen molar-refractivity contribution in [2.75, 3.05) is 0 Å². The van der Waals surface area contributed by atoms with Crippen LogP contribution in [-0.4, -0.2) is 4.98 Å². The molecule has 0 saturated carbocycles. The summed E-state index contributed by atoms with van der Waals surface area (Å²) in [5.41, 5.74) is 9.43. The third-order valence-corrected chi connectivity index (χ3v) is 4.62. The van der Waals surface area contributed by atoms with Crippen molar-refractivity contribution in [1.29, 1.82) is 0 Å². The zero-order valence-electron chi connectivity index (χ0n) is 13.5. The van der Waals surface area contributed by atoms with E-state index in [4.69, 9.17) is 4.98 Å². The normalized spacial score (nSPS) is 11.6. The van der Waals surface area contributed by atoms with Gasteiger partial charge in [-0.25, -0.2) is 0 Å². The fourth-order valence-corrected chi connectivity index (χ4v) is 3.36. The Labute approximate surface area is 117 Å². The number of aryl methyl sites for hydroxylation is 4. The highest BCUT2D eigenvalue weighted by atomic mass is 14.7. The Morgan fingerprint density at radius 3 is 1.58 bits per heavy atom. The molecule has 0 amide bonds. The lowest BCUT2D eigenvalue weighted by atomic mass is 9.85. The average Bonchev–Trinajstić information content (AvgIpc) is 2.32. The van der Waals surface area contributed by atoms with Gasteiger partial charge in [0.15, 0.2) is 0 Å². The van der Waals surface area contributed by atoms with Gasteiger partial charge >= 0.3 is 0 Å². The van der Waals surface area contributed by atoms with Crippen molar-refractivity contribution in [2.45, 2.75) is 61.3 Å². The number of pyridine rings is 1. The van der Waals surface area contributed by atoms with Crippen molar-refractivity contribution < 1.29 is 0 Å². The van der Waals surface area contributed by atoms with Gasteiger partial charge in [-0.05, 0) is 80.7 Å². The maximum atomic E-state index is 4.80. The van der Waals surface area contributed by atoms with E-state index in [1.54, 1.807) is 0 Å². The number of hydrogen-bond donors (Lipinski definition) is 0. The Kier molecular flexibility index (Phi) is 3.42. The Balaban J connectivity index is 3.15. The molecule has 2 aromatic rings. The van der Waals surface area contributed by atoms with E-state index >= 15 is 0 Å². The van der Waals surface area contributed by atoms with Crippen LogP contribution in [0.4, 0.5) is 0 Å². The first-order valence-corrected chi connectivity index (χ1v) is 7.14. The number of rotatable bonds is 1. The predicted octanol–water partition coefficient (Wildman–Crippen LogP) is 5.21. The molecule has 19 heavy (non-hydrogen) atoms. The molecule has 1 heteroatoms. The van der Waals surface area contributed by atoms with Crippen molar-refractivity contribution in [2.24, 2.45) is 0 Å². The summed E-state index contributed by atoms with van der Waals surface area (Å²) in [5.74, 6) is 0.510. The third-order valence-electron chi connectivity index (χ3n) is 4.62. The van der Waals surface area contributed by atoms with Crippen LogP contribution in [0.2, 0.25) is 0 Å². The van der Waals surface area contributed by atoms with Crippen molar-refractivity contribution in [1.82, 2.24) is 4.98 Å². The fraction of sp³-hybridized carbons (Fsp3) is 0.500. The van der Waals surface area contributed by atoms with Crippen molar-refractivity contribution >= 4 is 10.8 Å². The second kappa shape index (κ2) is 4.63. The maximum absolute atomic E-state index is 4.80. The van der Waals surface area contributed by atoms with Crippen LogP contribution in [0.1, 0.15) is 59.0 Å². The largest absolute Gasteiger partial charge is 0.258 e. The number of nitrogens with zero attached hydrogens (tertiary/aromatic N) is 1. The van der Waals surface area contributed by atoms with Gasteiger partial charge in [-0.15, -0.1) is 0 Å². The summed E-state index contributed by atoms with van der Waals surface area (Å²) >= 11 is 0. The number of benzene rings is 1. The summed E-state index contributed by atoms with van der Waals surface area (Å²) in [4.78, 5) is 4.80. The van der Waals surface area contributed by atoms with Crippen LogP contribution in [0.25, 0.3) is 10.8 Å². The molecular weight excluding hydrogens is 230 g/mol. The molecule has 0 atom stereocenters. The van der Waals surface area contributed by atoms with Crippen LogP contribution in [0.5, 0.6) is 0 Å². The first-order valence-electron chi connectivity index (χ1n) is 7.14. The Bertz CT molecular complexity index is 664. The predicted molar refractivity (Wildman–Crippen MR) is 84.3 cm³/mol. The van der Waals surface area contributed by atoms with Crippen LogP contribution in [0.3, 0.4) is 0 Å². The van der Waals surface area contributed by atoms with Gasteiger partial charge in [0.25, 0.3) is 0 Å². The number of fused-ring (bicyclic) bond motifs is 1. The molecule has 0 aliphatic carbocycles. The lowest BCUT2D eigenvalue weighted by Gasteiger charge is -2.21. The van der Waals surface area contributed by atoms with Crippen molar-refractivity contribution in [3.05, 3.63) is 39.2 Å². The highest BCUT2D eigenvalue weighted by Crippen LogP contribution is 2.36. The summed E-state index contributed by atoms with van der Waals surface area (Å²) in [7, 11) is 0. The van der Waals surface area contributed by atoms with E-state index in [0.29, 0.717) is 5.92 Å². The van der Waals surface area contributed by atoms with Gasteiger partial charge in [0.05, 0.1) is 0 Å². The minimum Gasteiger partial charge on any atom is -0.258 e. The van der Waals surface area contributed by atoms with E-state index in [9.17, 15) is 0 Å². The minimum atomic E-state index is 0.510. The molecule has 0 spiro atoms. The lowest BCUT2D eigenvalue weighted by Crippen LogP contribution is -2.05. The lowest BCUT2D eigenvalue weighted by molar-refractivity contribution is 0.850. The van der Waals surface area contributed by atoms with Crippen LogP contribution >= 0.6 is 0 Å². The highest BCUT2D eigenvalue weighted by Gasteiger charge is 2.18. The standard InChI is InChI=1S/C18H25N/c1-9(2)16-14(7)19-15(8)17-12(5)10(3)11(4)13(6)18(16)17/h9H,1-8H3. The third kappa shape index (κ3) is 1.96. The van der Waals surface area contributed by atoms with Crippen molar-refractivity contribution in [3.8, 4) is 0 Å². The summed E-state index contributed by atoms with van der Waals surface area (Å²) in [6, 6.07) is 0. The Morgan fingerprint density at radius 1 is 0.632 bits per heavy atom. The van der Waals surface area contributed by atoms with Crippen LogP contribution in [0, 0.1) is 41.5 Å². The van der Waals surface area contributed by atoms with E-state index in [1.165, 1.54) is 50.0 Å². The van der Waals surface area contributed by atoms with E-state index in [2.05, 4.69) is 55.4 Å². The molecule has 0 aliphatic rings. The molecule has 1 aromatic carbocycles. The summed E-state index contributed by atoms with van der Waals surface area (Å²) in [6.07, 6.45) is 0. The number of hydrogen-bond acceptors (Lipinski definition) is 1. The van der Waals surface area contributed by atoms with Crippen LogP contribution in [-0.2, 0) is 0 Å². The van der Waals surface area contributed by atoms with Gasteiger partial charge in [-0.2, -0.15) is 0 Å². The molecule has 1 nitrogen and oxygen atoms in total. The van der Waals surface area contributed by atoms with Gasteiger partial charge in [-0.3, -0.25) is 4.98 Å². The summed E-state index contributed by atoms with van der Waals surface area (Å²) in [6.45, 7) is 17.8. The molecular formula is C18H25N. The van der Waals surface area contributed by atoms with Gasteiger partial charge in [0.2, 0.25) is 0 Å². The topological polar surface area (TPSA) is 12.9 Å². The first-order chi connectivity index (χ1) is 8.77. The molecule has 1 aromatic heterocycles. The fourth-order valence-electron chi connectivity index (χ4n) is 3.36. The second-order valence-corrected chi connectivity index (χ2v) is 6.10. The molecule has 1 heterocycles. The van der Waals surface area contributed by atoms with E-state index in [1.807, 2.05) is 0 Å². The van der Waals surface area contributed by atoms with E-state index < -0.39 is 0 Å². The molecule has 102 valence electrons. The SMILES string of the molecule is Cc1nc(C)c2c(C)c(C)c(C)c(C)c2c1C(C)C. The molecule has 0 saturated heterocycles. The molecule has 0 fully saturated rings. The van der Waals surface area contributed by atoms with Gasteiger partial charge in [0, 0.05) is 16.8 Å². The number of aromatic nitrogens is 1. The molecule has 0 unspecified atom stereocenters. The van der Waals surface area contributed by atoms with Crippen LogP contribution < -0.4 is 0 Å². The maximum Gasteiger partial charge on any atom is 0.0457 e. The van der Waals surface area contributed by atoms with Gasteiger partial charge < -0.3 is 0 Å². The van der Waals surface area contributed by atoms with Crippen LogP contribution in [0.15, 0.2) is 0 Å². The molecule has 0 bridgehead atoms. The molecule has 0 radical (unpaired) electrons. The Morgan fingerprint density at radius 2 is 1.11 bits per heavy atom. The average molecular weight is 255 g/mol. The molecule has 0 N–H and O–H groups in total.